The number of hydrogen-bond donors (Lipinski definition) is 1. The summed E-state index contributed by atoms with van der Waals surface area (Å²) in [5.41, 5.74) is -1.61. The summed E-state index contributed by atoms with van der Waals surface area (Å²) in [6, 6.07) is 2.51. The monoisotopic (exact) mass is 361 g/mol. The molecule has 7 nitrogen and oxygen atoms in total. The number of phenolic OH excluding ortho intramolecular Hbond substituents is 1. The van der Waals surface area contributed by atoms with Gasteiger partial charge in [0.05, 0.1) is 32.0 Å². The number of hydrogen-bond acceptors (Lipinski definition) is 7. The molecule has 0 spiro atoms. The van der Waals surface area contributed by atoms with Gasteiger partial charge in [0, 0.05) is 11.8 Å². The highest BCUT2D eigenvalue weighted by Crippen LogP contribution is 2.38. The molecule has 0 fully saturated rings. The van der Waals surface area contributed by atoms with Crippen molar-refractivity contribution in [1.82, 2.24) is 0 Å². The quantitative estimate of drug-likeness (QED) is 0.822. The number of halogens is 3. The molecule has 1 aromatic carbocycles. The van der Waals surface area contributed by atoms with E-state index >= 15 is 0 Å². The van der Waals surface area contributed by atoms with Crippen LogP contribution in [0.25, 0.3) is 0 Å². The van der Waals surface area contributed by atoms with Crippen LogP contribution in [-0.4, -0.2) is 44.6 Å². The van der Waals surface area contributed by atoms with Crippen LogP contribution in [0.5, 0.6) is 5.75 Å². The SMILES string of the molecule is COC(=O)C1=C(C(=O)OC)N(c2ccc(C(F)(F)F)c(O)c2)COC1. The van der Waals surface area contributed by atoms with E-state index in [1.165, 1.54) is 0 Å². The molecule has 0 atom stereocenters. The molecule has 0 saturated carbocycles. The number of alkyl halides is 3. The van der Waals surface area contributed by atoms with Crippen LogP contribution in [-0.2, 0) is 30.0 Å². The van der Waals surface area contributed by atoms with E-state index < -0.39 is 29.4 Å². The number of carbonyl (C=O) groups excluding carboxylic acids is 2. The summed E-state index contributed by atoms with van der Waals surface area (Å²) >= 11 is 0. The Morgan fingerprint density at radius 2 is 1.84 bits per heavy atom. The predicted octanol–water partition coefficient (Wildman–Crippen LogP) is 1.81. The van der Waals surface area contributed by atoms with E-state index in [1.54, 1.807) is 0 Å². The van der Waals surface area contributed by atoms with Crippen LogP contribution in [0.2, 0.25) is 0 Å². The zero-order valence-electron chi connectivity index (χ0n) is 13.2. The van der Waals surface area contributed by atoms with E-state index in [4.69, 9.17) is 4.74 Å². The Balaban J connectivity index is 2.54. The Kier molecular flexibility index (Phi) is 5.21. The van der Waals surface area contributed by atoms with Crippen molar-refractivity contribution in [3.63, 3.8) is 0 Å². The lowest BCUT2D eigenvalue weighted by Crippen LogP contribution is -2.38. The molecule has 10 heteroatoms. The summed E-state index contributed by atoms with van der Waals surface area (Å²) in [5, 5.41) is 9.65. The van der Waals surface area contributed by atoms with E-state index in [9.17, 15) is 27.9 Å². The lowest BCUT2D eigenvalue weighted by Gasteiger charge is -2.31. The number of nitrogens with zero attached hydrogens (tertiary/aromatic N) is 1. The summed E-state index contributed by atoms with van der Waals surface area (Å²) < 4.78 is 52.7. The van der Waals surface area contributed by atoms with E-state index in [1.807, 2.05) is 0 Å². The van der Waals surface area contributed by atoms with Gasteiger partial charge in [0.25, 0.3) is 0 Å². The second-order valence-corrected chi connectivity index (χ2v) is 4.92. The molecule has 0 bridgehead atoms. The first-order valence-corrected chi connectivity index (χ1v) is 6.86. The van der Waals surface area contributed by atoms with E-state index in [0.29, 0.717) is 6.07 Å². The summed E-state index contributed by atoms with van der Waals surface area (Å²) in [6.07, 6.45) is -4.74. The minimum Gasteiger partial charge on any atom is -0.507 e. The zero-order chi connectivity index (χ0) is 18.8. The van der Waals surface area contributed by atoms with Gasteiger partial charge in [0.15, 0.2) is 0 Å². The maximum absolute atomic E-state index is 12.8. The average molecular weight is 361 g/mol. The summed E-state index contributed by atoms with van der Waals surface area (Å²) in [5.74, 6) is -2.77. The topological polar surface area (TPSA) is 85.3 Å². The lowest BCUT2D eigenvalue weighted by molar-refractivity contribution is -0.140. The van der Waals surface area contributed by atoms with Gasteiger partial charge in [-0.1, -0.05) is 0 Å². The van der Waals surface area contributed by atoms with Gasteiger partial charge < -0.3 is 24.2 Å². The Bertz CT molecular complexity index is 728. The molecule has 1 N–H and O–H groups in total. The van der Waals surface area contributed by atoms with E-state index in [2.05, 4.69) is 9.47 Å². The van der Waals surface area contributed by atoms with Crippen LogP contribution in [0, 0.1) is 0 Å². The molecule has 0 amide bonds. The van der Waals surface area contributed by atoms with Crippen molar-refractivity contribution in [1.29, 1.82) is 0 Å². The molecule has 136 valence electrons. The molecule has 0 aliphatic carbocycles. The van der Waals surface area contributed by atoms with Crippen LogP contribution >= 0.6 is 0 Å². The van der Waals surface area contributed by atoms with E-state index in [0.717, 1.165) is 31.3 Å². The van der Waals surface area contributed by atoms with Crippen molar-refractivity contribution >= 4 is 17.6 Å². The second-order valence-electron chi connectivity index (χ2n) is 4.92. The first-order valence-electron chi connectivity index (χ1n) is 6.86. The normalized spacial score (nSPS) is 15.2. The zero-order valence-corrected chi connectivity index (χ0v) is 13.2. The second kappa shape index (κ2) is 7.01. The third-order valence-electron chi connectivity index (χ3n) is 3.43. The minimum atomic E-state index is -4.74. The van der Waals surface area contributed by atoms with Crippen LogP contribution < -0.4 is 4.90 Å². The van der Waals surface area contributed by atoms with Crippen molar-refractivity contribution in [3.05, 3.63) is 35.0 Å². The lowest BCUT2D eigenvalue weighted by atomic mass is 10.1. The van der Waals surface area contributed by atoms with Gasteiger partial charge in [-0.3, -0.25) is 0 Å². The van der Waals surface area contributed by atoms with Crippen molar-refractivity contribution < 1.29 is 42.1 Å². The van der Waals surface area contributed by atoms with Crippen molar-refractivity contribution in [3.8, 4) is 5.75 Å². The molecular weight excluding hydrogens is 347 g/mol. The number of carbonyl (C=O) groups is 2. The molecule has 0 unspecified atom stereocenters. The van der Waals surface area contributed by atoms with Crippen molar-refractivity contribution in [2.45, 2.75) is 6.18 Å². The van der Waals surface area contributed by atoms with Crippen LogP contribution in [0.3, 0.4) is 0 Å². The van der Waals surface area contributed by atoms with Crippen LogP contribution in [0.1, 0.15) is 5.56 Å². The maximum Gasteiger partial charge on any atom is 0.419 e. The Morgan fingerprint density at radius 1 is 1.20 bits per heavy atom. The first-order chi connectivity index (χ1) is 11.7. The van der Waals surface area contributed by atoms with Gasteiger partial charge >= 0.3 is 18.1 Å². The average Bonchev–Trinajstić information content (AvgIpc) is 2.58. The molecule has 1 aromatic rings. The van der Waals surface area contributed by atoms with Gasteiger partial charge in [-0.15, -0.1) is 0 Å². The molecule has 2 rings (SSSR count). The molecule has 0 aromatic heterocycles. The third kappa shape index (κ3) is 3.68. The number of methoxy groups -OCH3 is 2. The smallest absolute Gasteiger partial charge is 0.419 e. The highest BCUT2D eigenvalue weighted by Gasteiger charge is 2.36. The minimum absolute atomic E-state index is 0.00648. The maximum atomic E-state index is 12.8. The van der Waals surface area contributed by atoms with E-state index in [-0.39, 0.29) is 30.3 Å². The number of benzene rings is 1. The molecule has 0 radical (unpaired) electrons. The Labute approximate surface area is 140 Å². The van der Waals surface area contributed by atoms with Crippen molar-refractivity contribution in [2.75, 3.05) is 32.5 Å². The summed E-state index contributed by atoms with van der Waals surface area (Å²) in [6.45, 7) is -0.476. The van der Waals surface area contributed by atoms with Gasteiger partial charge in [0.2, 0.25) is 0 Å². The Hall–Kier alpha value is -2.75. The molecule has 25 heavy (non-hydrogen) atoms. The number of rotatable bonds is 3. The Morgan fingerprint density at radius 3 is 2.36 bits per heavy atom. The number of aromatic hydroxyl groups is 1. The van der Waals surface area contributed by atoms with Gasteiger partial charge in [-0.25, -0.2) is 9.59 Å². The van der Waals surface area contributed by atoms with Gasteiger partial charge in [-0.05, 0) is 12.1 Å². The van der Waals surface area contributed by atoms with Crippen LogP contribution in [0.15, 0.2) is 29.5 Å². The standard InChI is InChI=1S/C15H14F3NO6/c1-23-13(21)9-6-25-7-19(12(9)14(22)24-2)8-3-4-10(11(20)5-8)15(16,17)18/h3-5,20H,6-7H2,1-2H3. The third-order valence-corrected chi connectivity index (χ3v) is 3.43. The van der Waals surface area contributed by atoms with Gasteiger partial charge in [0.1, 0.15) is 18.2 Å². The molecule has 1 aliphatic rings. The molecular formula is C15H14F3NO6. The van der Waals surface area contributed by atoms with Crippen LogP contribution in [0.4, 0.5) is 18.9 Å². The number of ether oxygens (including phenoxy) is 3. The fourth-order valence-corrected chi connectivity index (χ4v) is 2.27. The fourth-order valence-electron chi connectivity index (χ4n) is 2.27. The largest absolute Gasteiger partial charge is 0.507 e. The van der Waals surface area contributed by atoms with Gasteiger partial charge in [-0.2, -0.15) is 13.2 Å². The summed E-state index contributed by atoms with van der Waals surface area (Å²) in [4.78, 5) is 25.0. The predicted molar refractivity (Wildman–Crippen MR) is 77.5 cm³/mol. The van der Waals surface area contributed by atoms with Crippen molar-refractivity contribution in [2.24, 2.45) is 0 Å². The number of anilines is 1. The first kappa shape index (κ1) is 18.6. The molecule has 1 aliphatic heterocycles. The fraction of sp³-hybridized carbons (Fsp3) is 0.333. The molecule has 0 saturated heterocycles. The summed E-state index contributed by atoms with van der Waals surface area (Å²) in [7, 11) is 2.19. The highest BCUT2D eigenvalue weighted by molar-refractivity contribution is 6.03. The number of phenols is 1. The highest BCUT2D eigenvalue weighted by atomic mass is 19.4. The molecule has 1 heterocycles. The number of esters is 2.